The van der Waals surface area contributed by atoms with Crippen LogP contribution in [0.15, 0.2) is 195 Å². The second-order valence-electron chi connectivity index (χ2n) is 23.6. The Balaban J connectivity index is 0.923. The molecule has 0 bridgehead atoms. The number of hydrogen-bond donors (Lipinski definition) is 0. The Morgan fingerprint density at radius 2 is 0.734 bits per heavy atom. The molecule has 0 saturated heterocycles. The number of para-hydroxylation sites is 2. The molecule has 0 atom stereocenters. The molecule has 0 N–H and O–H groups in total. The maximum atomic E-state index is 7.30. The van der Waals surface area contributed by atoms with E-state index in [0.29, 0.717) is 23.7 Å². The van der Waals surface area contributed by atoms with Crippen LogP contribution in [0.3, 0.4) is 0 Å². The highest BCUT2D eigenvalue weighted by Gasteiger charge is 2.25. The molecule has 0 saturated carbocycles. The minimum absolute atomic E-state index is 0.430. The second-order valence-corrected chi connectivity index (χ2v) is 23.6. The predicted octanol–water partition coefficient (Wildman–Crippen LogP) is 22.0. The van der Waals surface area contributed by atoms with Crippen molar-refractivity contribution in [2.45, 2.75) is 79.1 Å². The van der Waals surface area contributed by atoms with Gasteiger partial charge in [0.15, 0.2) is 0 Å². The van der Waals surface area contributed by atoms with Crippen molar-refractivity contribution in [3.05, 3.63) is 204 Å². The van der Waals surface area contributed by atoms with Crippen molar-refractivity contribution in [2.24, 2.45) is 0 Å². The van der Waals surface area contributed by atoms with E-state index >= 15 is 0 Å². The van der Waals surface area contributed by atoms with Gasteiger partial charge >= 0.3 is 0 Å². The van der Waals surface area contributed by atoms with E-state index in [1.807, 2.05) is 12.1 Å². The molecule has 11 aromatic carbocycles. The van der Waals surface area contributed by atoms with Crippen LogP contribution in [0.1, 0.15) is 101 Å². The van der Waals surface area contributed by atoms with Gasteiger partial charge in [0, 0.05) is 76.4 Å². The molecule has 0 unspecified atom stereocenters. The van der Waals surface area contributed by atoms with Crippen LogP contribution >= 0.6 is 0 Å². The van der Waals surface area contributed by atoms with Crippen LogP contribution in [0.5, 0.6) is 0 Å². The van der Waals surface area contributed by atoms with Crippen LogP contribution in [-0.2, 0) is 0 Å². The van der Waals surface area contributed by atoms with Crippen molar-refractivity contribution in [1.29, 1.82) is 0 Å². The van der Waals surface area contributed by atoms with Gasteiger partial charge in [-0.2, -0.15) is 0 Å². The summed E-state index contributed by atoms with van der Waals surface area (Å²) in [5.74, 6) is 1.73. The Labute approximate surface area is 456 Å². The molecule has 5 aromatic heterocycles. The fourth-order valence-electron chi connectivity index (χ4n) is 13.2. The Morgan fingerprint density at radius 1 is 0.278 bits per heavy atom. The summed E-state index contributed by atoms with van der Waals surface area (Å²) in [4.78, 5) is 0. The average Bonchev–Trinajstić information content (AvgIpc) is 4.10. The lowest BCUT2D eigenvalue weighted by Crippen LogP contribution is -1.95. The highest BCUT2D eigenvalue weighted by atomic mass is 16.3. The number of fused-ring (bicyclic) bond motifs is 18. The van der Waals surface area contributed by atoms with Crippen LogP contribution in [0.4, 0.5) is 0 Å². The summed E-state index contributed by atoms with van der Waals surface area (Å²) >= 11 is 0. The first-order valence-electron chi connectivity index (χ1n) is 28.2. The first kappa shape index (κ1) is 46.1. The lowest BCUT2D eigenvalue weighted by molar-refractivity contribution is 0.662. The second kappa shape index (κ2) is 16.7. The number of aromatic nitrogens is 2. The van der Waals surface area contributed by atoms with Gasteiger partial charge < -0.3 is 22.4 Å². The molecule has 382 valence electrons. The van der Waals surface area contributed by atoms with E-state index in [2.05, 4.69) is 234 Å². The minimum Gasteiger partial charge on any atom is -0.456 e. The number of furan rings is 3. The number of hydrogen-bond acceptors (Lipinski definition) is 3. The molecular formula is C74H58N2O3. The molecule has 16 rings (SSSR count). The molecular weight excluding hydrogens is 965 g/mol. The van der Waals surface area contributed by atoms with E-state index < -0.39 is 0 Å². The molecule has 5 heterocycles. The molecule has 5 nitrogen and oxygen atoms in total. The monoisotopic (exact) mass is 1020 g/mol. The Kier molecular flexibility index (Phi) is 9.75. The zero-order valence-corrected chi connectivity index (χ0v) is 45.7. The van der Waals surface area contributed by atoms with E-state index in [1.54, 1.807) is 0 Å². The molecule has 16 aromatic rings. The molecule has 0 aliphatic carbocycles. The molecule has 5 heteroatoms. The summed E-state index contributed by atoms with van der Waals surface area (Å²) < 4.78 is 26.1. The summed E-state index contributed by atoms with van der Waals surface area (Å²) in [5.41, 5.74) is 19.3. The molecule has 0 spiro atoms. The van der Waals surface area contributed by atoms with E-state index in [1.165, 1.54) is 65.9 Å². The van der Waals surface area contributed by atoms with Crippen LogP contribution in [0.25, 0.3) is 153 Å². The fraction of sp³-hybridized carbons (Fsp3) is 0.162. The van der Waals surface area contributed by atoms with Crippen molar-refractivity contribution < 1.29 is 13.3 Å². The van der Waals surface area contributed by atoms with Crippen LogP contribution in [0.2, 0.25) is 0 Å². The third-order valence-corrected chi connectivity index (χ3v) is 17.6. The average molecular weight is 1020 g/mol. The molecule has 79 heavy (non-hydrogen) atoms. The summed E-state index contributed by atoms with van der Waals surface area (Å²) in [7, 11) is 0. The maximum absolute atomic E-state index is 7.30. The number of benzene rings is 11. The number of rotatable bonds is 7. The van der Waals surface area contributed by atoms with Crippen LogP contribution in [0, 0.1) is 0 Å². The van der Waals surface area contributed by atoms with E-state index in [-0.39, 0.29) is 0 Å². The van der Waals surface area contributed by atoms with Gasteiger partial charge in [0.05, 0.1) is 22.1 Å². The fourth-order valence-corrected chi connectivity index (χ4v) is 13.2. The molecule has 0 aliphatic rings. The van der Waals surface area contributed by atoms with Crippen molar-refractivity contribution in [2.75, 3.05) is 0 Å². The van der Waals surface area contributed by atoms with E-state index in [0.717, 1.165) is 110 Å². The van der Waals surface area contributed by atoms with Gasteiger partial charge in [-0.3, -0.25) is 0 Å². The molecule has 0 aliphatic heterocycles. The number of nitrogens with zero attached hydrogens (tertiary/aromatic N) is 2. The van der Waals surface area contributed by atoms with Crippen LogP contribution < -0.4 is 0 Å². The van der Waals surface area contributed by atoms with Crippen LogP contribution in [-0.4, -0.2) is 9.13 Å². The van der Waals surface area contributed by atoms with Gasteiger partial charge in [0.2, 0.25) is 0 Å². The smallest absolute Gasteiger partial charge is 0.144 e. The van der Waals surface area contributed by atoms with Gasteiger partial charge in [0.1, 0.15) is 33.5 Å². The SMILES string of the molecule is CC(C)c1ccc2c(c1)c1cc(C(C)C)ccc1n2-c1ccc2cc3c(cc2c1)oc1cc(-c2cccc4c2oc2ccccc24)c2oc4cc5cc(-n6c7ccc(C(C)C)cc7c7cc(C(C)C)ccc76)ccc5cc4c2c13. The quantitative estimate of drug-likeness (QED) is 0.160. The van der Waals surface area contributed by atoms with Crippen molar-refractivity contribution in [3.8, 4) is 22.5 Å². The predicted molar refractivity (Wildman–Crippen MR) is 334 cm³/mol. The van der Waals surface area contributed by atoms with Gasteiger partial charge in [-0.05, 0) is 177 Å². The normalized spacial score (nSPS) is 12.8. The maximum Gasteiger partial charge on any atom is 0.144 e. The van der Waals surface area contributed by atoms with Gasteiger partial charge in [-0.15, -0.1) is 0 Å². The minimum atomic E-state index is 0.430. The zero-order valence-electron chi connectivity index (χ0n) is 45.7. The highest BCUT2D eigenvalue weighted by Crippen LogP contribution is 2.49. The highest BCUT2D eigenvalue weighted by molar-refractivity contribution is 6.31. The summed E-state index contributed by atoms with van der Waals surface area (Å²) in [5, 5.41) is 16.0. The lowest BCUT2D eigenvalue weighted by Gasteiger charge is -2.11. The topological polar surface area (TPSA) is 49.3 Å². The van der Waals surface area contributed by atoms with Crippen molar-refractivity contribution >= 4 is 131 Å². The Morgan fingerprint density at radius 3 is 1.24 bits per heavy atom. The third kappa shape index (κ3) is 6.75. The van der Waals surface area contributed by atoms with Gasteiger partial charge in [0.25, 0.3) is 0 Å². The van der Waals surface area contributed by atoms with E-state index in [4.69, 9.17) is 13.3 Å². The van der Waals surface area contributed by atoms with Crippen molar-refractivity contribution in [3.63, 3.8) is 0 Å². The van der Waals surface area contributed by atoms with Gasteiger partial charge in [-0.25, -0.2) is 0 Å². The van der Waals surface area contributed by atoms with E-state index in [9.17, 15) is 0 Å². The summed E-state index contributed by atoms with van der Waals surface area (Å²) in [6, 6.07) is 67.9. The standard InChI is InChI=1S/C74H58N2O3/c1-39(2)43-18-24-63-56(30-43)57-31-44(40(3)4)19-25-64(57)75(63)51-22-16-47-34-61-68(36-49(47)28-51)77-70-38-60(55-14-11-13-54-53-12-9-10-15-67(53)78-73(54)55)74-72(71(61)70)62-35-48-17-23-52(29-50(48)37-69(62)79-74)76-65-26-20-45(41(5)6)32-58(65)59-33-46(42(7)8)21-27-66(59)76/h9-42H,1-8H3. The molecule has 0 radical (unpaired) electrons. The molecule has 0 fully saturated rings. The first-order chi connectivity index (χ1) is 38.4. The molecule has 0 amide bonds. The Hall–Kier alpha value is -9.06. The largest absolute Gasteiger partial charge is 0.456 e. The third-order valence-electron chi connectivity index (χ3n) is 17.6. The lowest BCUT2D eigenvalue weighted by atomic mass is 9.95. The van der Waals surface area contributed by atoms with Crippen molar-refractivity contribution in [1.82, 2.24) is 9.13 Å². The zero-order chi connectivity index (χ0) is 53.3. The summed E-state index contributed by atoms with van der Waals surface area (Å²) in [6.45, 7) is 18.2. The first-order valence-corrected chi connectivity index (χ1v) is 28.2. The van der Waals surface area contributed by atoms with Gasteiger partial charge in [-0.1, -0.05) is 128 Å². The Bertz CT molecular complexity index is 5140. The summed E-state index contributed by atoms with van der Waals surface area (Å²) in [6.07, 6.45) is 0.